The Labute approximate surface area is 596 Å². The van der Waals surface area contributed by atoms with Crippen LogP contribution in [0.5, 0.6) is 17.2 Å². The topological polar surface area (TPSA) is 221 Å². The summed E-state index contributed by atoms with van der Waals surface area (Å²) < 4.78 is 34.9. The van der Waals surface area contributed by atoms with E-state index in [4.69, 9.17) is 23.7 Å². The number of aromatic amines is 1. The van der Waals surface area contributed by atoms with E-state index in [1.165, 1.54) is 87.3 Å². The zero-order valence-corrected chi connectivity index (χ0v) is 58.9. The first-order valence-corrected chi connectivity index (χ1v) is 39.4. The number of Topliss-reactive ketones (excluding diaryl/α,β-unsaturated/α-hetero) is 1. The van der Waals surface area contributed by atoms with E-state index in [-0.39, 0.29) is 112 Å². The highest BCUT2D eigenvalue weighted by molar-refractivity contribution is 6.17. The number of amides is 1. The van der Waals surface area contributed by atoms with Gasteiger partial charge in [0.25, 0.3) is 5.91 Å². The van der Waals surface area contributed by atoms with Crippen LogP contribution >= 0.6 is 0 Å². The number of nitrogens with zero attached hydrogens (tertiary/aromatic N) is 1. The van der Waals surface area contributed by atoms with Crippen molar-refractivity contribution in [3.63, 3.8) is 0 Å². The van der Waals surface area contributed by atoms with Crippen LogP contribution in [0.15, 0.2) is 42.6 Å². The lowest BCUT2D eigenvalue weighted by atomic mass is 9.52. The van der Waals surface area contributed by atoms with Gasteiger partial charge < -0.3 is 64.2 Å². The van der Waals surface area contributed by atoms with Gasteiger partial charge >= 0.3 is 0 Å². The van der Waals surface area contributed by atoms with Crippen LogP contribution in [-0.2, 0) is 51.9 Å². The predicted octanol–water partition coefficient (Wildman–Crippen LogP) is 13.0. The maximum absolute atomic E-state index is 15.9. The normalized spacial score (nSPS) is 39.8. The number of allylic oxidation sites excluding steroid dienone is 2. The average molecular weight is 1380 g/mol. The number of ketones is 1. The number of hydrogen-bond acceptors (Lipinski definition) is 13. The van der Waals surface area contributed by atoms with Gasteiger partial charge in [-0.15, -0.1) is 0 Å². The molecule has 1 saturated heterocycles. The number of aromatic nitrogens is 1. The summed E-state index contributed by atoms with van der Waals surface area (Å²) >= 11 is 0. The van der Waals surface area contributed by atoms with Crippen molar-refractivity contribution in [3.05, 3.63) is 109 Å². The van der Waals surface area contributed by atoms with Gasteiger partial charge in [0.2, 0.25) is 6.29 Å². The Balaban J connectivity index is 0.786. The lowest BCUT2D eigenvalue weighted by Gasteiger charge is -2.54. The molecule has 5 aromatic rings. The molecule has 4 aliphatic heterocycles. The van der Waals surface area contributed by atoms with Crippen LogP contribution in [0.1, 0.15) is 242 Å². The summed E-state index contributed by atoms with van der Waals surface area (Å²) in [5.74, 6) is 12.8. The number of fused-ring (bicyclic) bond motifs is 13. The molecule has 5 heterocycles. The molecule has 5 spiro atoms. The molecule has 7 N–H and O–H groups in total. The van der Waals surface area contributed by atoms with Crippen molar-refractivity contribution in [1.82, 2.24) is 9.88 Å². The maximum atomic E-state index is 15.9. The molecule has 15 nitrogen and oxygen atoms in total. The summed E-state index contributed by atoms with van der Waals surface area (Å²) in [5.41, 5.74) is 9.09. The molecule has 7 saturated carbocycles. The van der Waals surface area contributed by atoms with Gasteiger partial charge in [-0.05, 0) is 262 Å². The molecule has 16 aliphatic rings. The molecule has 102 heavy (non-hydrogen) atoms. The van der Waals surface area contributed by atoms with Crippen molar-refractivity contribution < 1.29 is 63.9 Å². The number of H-pyrrole nitrogens is 1. The fourth-order valence-electron chi connectivity index (χ4n) is 27.3. The van der Waals surface area contributed by atoms with Crippen LogP contribution < -0.4 is 9.47 Å². The highest BCUT2D eigenvalue weighted by Crippen LogP contribution is 2.79. The van der Waals surface area contributed by atoms with E-state index in [0.717, 1.165) is 140 Å². The summed E-state index contributed by atoms with van der Waals surface area (Å²) in [6.45, 7) is -1.20. The van der Waals surface area contributed by atoms with Crippen molar-refractivity contribution in [3.8, 4) is 41.1 Å². The van der Waals surface area contributed by atoms with Crippen LogP contribution in [0.4, 0.5) is 0 Å². The molecule has 8 fully saturated rings. The van der Waals surface area contributed by atoms with Gasteiger partial charge in [0, 0.05) is 75.5 Å². The minimum Gasteiger partial charge on any atom is -0.506 e. The first-order chi connectivity index (χ1) is 49.5. The number of nitrogens with one attached hydrogen (secondary N) is 1. The summed E-state index contributed by atoms with van der Waals surface area (Å²) in [7, 11) is 1.64. The number of aryl methyl sites for hydroxylation is 2. The van der Waals surface area contributed by atoms with Crippen LogP contribution in [0.3, 0.4) is 0 Å². The number of phenols is 1. The molecule has 1 aromatic heterocycles. The molecular weight excluding hydrogens is 1280 g/mol. The Bertz CT molecular complexity index is 4690. The van der Waals surface area contributed by atoms with Crippen molar-refractivity contribution in [1.29, 1.82) is 0 Å². The fourth-order valence-corrected chi connectivity index (χ4v) is 27.3. The Morgan fingerprint density at radius 3 is 2.56 bits per heavy atom. The number of methoxy groups -OCH3 is 1. The van der Waals surface area contributed by atoms with E-state index in [2.05, 4.69) is 47.2 Å². The zero-order chi connectivity index (χ0) is 68.8. The molecule has 12 aliphatic carbocycles. The number of ether oxygens (including phenoxy) is 5. The Morgan fingerprint density at radius 1 is 0.824 bits per heavy atom. The Morgan fingerprint density at radius 2 is 1.70 bits per heavy atom. The number of rotatable bonds is 5. The second-order valence-electron chi connectivity index (χ2n) is 35.8. The second-order valence-corrected chi connectivity index (χ2v) is 35.8. The van der Waals surface area contributed by atoms with E-state index in [9.17, 15) is 35.4 Å². The van der Waals surface area contributed by atoms with Gasteiger partial charge in [-0.25, -0.2) is 0 Å². The number of carbonyl (C=O) groups excluding carboxylic acids is 2. The lowest BCUT2D eigenvalue weighted by Crippen LogP contribution is -2.70. The molecule has 532 valence electrons. The molecule has 0 radical (unpaired) electrons. The average Bonchev–Trinajstić information content (AvgIpc) is 1.53. The number of hydrogen-bond donors (Lipinski definition) is 7. The van der Waals surface area contributed by atoms with Gasteiger partial charge in [-0.1, -0.05) is 67.7 Å². The van der Waals surface area contributed by atoms with E-state index < -0.39 is 54.3 Å². The molecule has 12 bridgehead atoms. The Hall–Kier alpha value is -6.66. The van der Waals surface area contributed by atoms with Crippen LogP contribution in [0.2, 0.25) is 0 Å². The quantitative estimate of drug-likeness (QED) is 0.0815. The zero-order valence-electron chi connectivity index (χ0n) is 58.9. The van der Waals surface area contributed by atoms with Crippen LogP contribution in [0.25, 0.3) is 33.3 Å². The molecular formula is C87H96N2O13. The molecule has 4 aromatic carbocycles. The number of phenolic OH excluding ortho intramolecular Hbond substituents is 1. The largest absolute Gasteiger partial charge is 0.506 e. The highest BCUT2D eigenvalue weighted by Gasteiger charge is 2.71. The minimum absolute atomic E-state index is 0.00639. The van der Waals surface area contributed by atoms with Gasteiger partial charge in [0.15, 0.2) is 17.5 Å². The van der Waals surface area contributed by atoms with E-state index >= 15 is 4.79 Å². The fraction of sp³-hybridized carbons (Fsp3) is 0.609. The second kappa shape index (κ2) is 22.5. The highest BCUT2D eigenvalue weighted by atomic mass is 16.7. The number of aliphatic hydroxyl groups is 5. The van der Waals surface area contributed by atoms with Crippen molar-refractivity contribution in [2.24, 2.45) is 57.2 Å². The Kier molecular flexibility index (Phi) is 14.0. The number of benzene rings is 4. The summed E-state index contributed by atoms with van der Waals surface area (Å²) in [6.07, 6.45) is 32.2. The monoisotopic (exact) mass is 1380 g/mol. The minimum atomic E-state index is -2.50. The molecule has 0 unspecified atom stereocenters. The lowest BCUT2D eigenvalue weighted by molar-refractivity contribution is -0.328. The standard InChI is InChI=1S/C87H96N2O13/c1-98-76-58-15-14-50-32-49-9-5-12-56(49)69-67(50)70(58)72-75(94)71(69)64(92)41-89-40-62-48(8-4-13-57(62)79(89)95)10-7-31-99-78-74(93)66-42-100-65(17-16-59(76)77(72)102-80(101-66)87(78,97)46-91)61-39-88-63-33-51-20-29-85-45-86(96)25-6-11-53(86)34-55(85)37-84(38-60(68(61)63)73(51)85)44-81-26-18-52(35-81)47(22-30-90)19-27-82(23-2-3-24-82)54-21-28-83(84,36-54)43-81/h4,8,13,16-17,32-33,39,47,49,52-56,65-66,74,78,80,88,90-91,93-94,96-97H,2-3,5-6,9-12,14-15,18,20-26,28-30,34-38,40-46H2,1H3/b17-16+/t47-,49-,52+,53+,54-,55-,56+,65+,66+,74+,78-,80+,81+,83-,84+,85+,86+,87+/m0/s1. The molecule has 18 atom stereocenters. The van der Waals surface area contributed by atoms with Gasteiger partial charge in [0.05, 0.1) is 49.0 Å². The van der Waals surface area contributed by atoms with Crippen molar-refractivity contribution in [2.75, 3.05) is 33.5 Å². The third-order valence-electron chi connectivity index (χ3n) is 31.4. The first kappa shape index (κ1) is 63.8. The number of carbonyl (C=O) groups is 2. The maximum Gasteiger partial charge on any atom is 0.254 e. The van der Waals surface area contributed by atoms with Gasteiger partial charge in [0.1, 0.15) is 41.7 Å². The third kappa shape index (κ3) is 8.65. The smallest absolute Gasteiger partial charge is 0.254 e. The van der Waals surface area contributed by atoms with Crippen LogP contribution in [0, 0.1) is 81.0 Å². The van der Waals surface area contributed by atoms with Gasteiger partial charge in [-0.3, -0.25) is 9.59 Å². The van der Waals surface area contributed by atoms with E-state index in [1.807, 2.05) is 18.2 Å². The van der Waals surface area contributed by atoms with E-state index in [1.54, 1.807) is 24.1 Å². The van der Waals surface area contributed by atoms with Crippen molar-refractivity contribution >= 4 is 45.0 Å². The summed E-state index contributed by atoms with van der Waals surface area (Å²) in [4.78, 5) is 35.9. The van der Waals surface area contributed by atoms with Crippen molar-refractivity contribution in [2.45, 2.75) is 240 Å². The van der Waals surface area contributed by atoms with Crippen LogP contribution in [-0.4, -0.2) is 121 Å². The third-order valence-corrected chi connectivity index (χ3v) is 31.4. The molecule has 15 heteroatoms. The molecule has 21 rings (SSSR count). The number of aromatic hydroxyl groups is 1. The first-order valence-electron chi connectivity index (χ1n) is 39.4. The summed E-state index contributed by atoms with van der Waals surface area (Å²) in [5, 5.41) is 77.8. The summed E-state index contributed by atoms with van der Waals surface area (Å²) in [6, 6.07) is 7.90. The van der Waals surface area contributed by atoms with Gasteiger partial charge in [-0.2, -0.15) is 0 Å². The number of aliphatic hydroxyl groups excluding tert-OH is 3. The molecule has 1 amide bonds. The SMILES string of the molecule is COc1c2c3c4c(O)c(c5c6c4c1CCC6=C[C@@H]1CCC[C@@H]51)C(=O)CN1Cc4c(cccc4C1=O)CC#CO[C@H]1[C@H](O)[C@@H](CO[C@@H](c4c[nH]c5cc6c7c(c45)C[C@]4(C[C@@H]5C[C@H]8CCC[C@@]8(O)C[C@@]75CC6)C[C@]56CC[C@H](C5)[C@H](CCO)C#CC5(CCCC5)[C@H]5CC[C@]4(C5)C6)/C=C/2)O[C@H](O3)[C@@]1(O)CO. The van der Waals surface area contributed by atoms with E-state index in [0.29, 0.717) is 52.9 Å². The predicted molar refractivity (Wildman–Crippen MR) is 382 cm³/mol.